The van der Waals surface area contributed by atoms with Gasteiger partial charge in [-0.2, -0.15) is 26.3 Å². The molecule has 1 aromatic carbocycles. The van der Waals surface area contributed by atoms with Crippen molar-refractivity contribution < 1.29 is 40.4 Å². The second-order valence-corrected chi connectivity index (χ2v) is 11.1. The van der Waals surface area contributed by atoms with E-state index in [4.69, 9.17) is 19.2 Å². The summed E-state index contributed by atoms with van der Waals surface area (Å²) in [5.74, 6) is 1.04. The van der Waals surface area contributed by atoms with Crippen molar-refractivity contribution in [3.8, 4) is 11.3 Å². The van der Waals surface area contributed by atoms with E-state index in [0.717, 1.165) is 32.1 Å². The smallest absolute Gasteiger partial charge is 0.416 e. The summed E-state index contributed by atoms with van der Waals surface area (Å²) in [7, 11) is 1.90. The molecule has 14 heteroatoms. The van der Waals surface area contributed by atoms with Gasteiger partial charge >= 0.3 is 18.4 Å². The minimum atomic E-state index is -5.03. The predicted octanol–water partition coefficient (Wildman–Crippen LogP) is 7.64. The molecule has 1 unspecified atom stereocenters. The van der Waals surface area contributed by atoms with Gasteiger partial charge in [-0.3, -0.25) is 4.90 Å². The van der Waals surface area contributed by atoms with Gasteiger partial charge in [0.25, 0.3) is 0 Å². The van der Waals surface area contributed by atoms with Crippen LogP contribution in [0.5, 0.6) is 0 Å². The van der Waals surface area contributed by atoms with Gasteiger partial charge < -0.3 is 14.2 Å². The molecule has 5 rings (SSSR count). The number of carbonyl (C=O) groups excluding carboxylic acids is 1. The number of halogens is 6. The number of amides is 1. The molecule has 1 saturated carbocycles. The minimum absolute atomic E-state index is 0.0475. The molecule has 232 valence electrons. The normalized spacial score (nSPS) is 20.0. The molecule has 1 aliphatic carbocycles. The van der Waals surface area contributed by atoms with Crippen LogP contribution in [0.3, 0.4) is 0 Å². The number of benzene rings is 1. The molecule has 2 atom stereocenters. The number of nitrogens with zero attached hydrogens (tertiary/aromatic N) is 5. The van der Waals surface area contributed by atoms with Crippen LogP contribution in [0, 0.1) is 13.8 Å². The van der Waals surface area contributed by atoms with Gasteiger partial charge in [0, 0.05) is 13.1 Å². The van der Waals surface area contributed by atoms with Crippen molar-refractivity contribution in [2.24, 2.45) is 0 Å². The first kappa shape index (κ1) is 30.6. The molecule has 2 aromatic heterocycles. The van der Waals surface area contributed by atoms with E-state index in [9.17, 15) is 31.1 Å². The number of carbonyl (C=O) groups is 1. The maximum atomic E-state index is 13.5. The van der Waals surface area contributed by atoms with E-state index >= 15 is 0 Å². The standard InChI is InChI=1S/C29H31F6N5O3/c1-15-24(17(3)43-38-15)22-13-36-26(39(4)21-8-6-5-7-9-21)23(37-22)14-40-16(2)25(42-27(40)41)18-10-19(28(30,31)32)12-20(11-18)29(33,34)35/h10-13,16,21,25H,5-9,14H2,1-4H3/t16-,25?/m0/s1. The topological polar surface area (TPSA) is 84.6 Å². The van der Waals surface area contributed by atoms with Crippen molar-refractivity contribution in [1.82, 2.24) is 20.0 Å². The van der Waals surface area contributed by atoms with E-state index in [-0.39, 0.29) is 18.7 Å². The number of alkyl halides is 6. The Morgan fingerprint density at radius 1 is 1.00 bits per heavy atom. The molecule has 1 aliphatic heterocycles. The maximum Gasteiger partial charge on any atom is 0.416 e. The fourth-order valence-electron chi connectivity index (χ4n) is 5.90. The van der Waals surface area contributed by atoms with Crippen molar-refractivity contribution in [3.05, 3.63) is 58.2 Å². The molecule has 0 radical (unpaired) electrons. The van der Waals surface area contributed by atoms with Gasteiger partial charge in [0.2, 0.25) is 0 Å². The second-order valence-electron chi connectivity index (χ2n) is 11.1. The van der Waals surface area contributed by atoms with Crippen LogP contribution in [0.2, 0.25) is 0 Å². The van der Waals surface area contributed by atoms with Crippen molar-refractivity contribution in [3.63, 3.8) is 0 Å². The van der Waals surface area contributed by atoms with E-state index in [0.29, 0.717) is 46.4 Å². The zero-order valence-corrected chi connectivity index (χ0v) is 24.0. The minimum Gasteiger partial charge on any atom is -0.439 e. The molecule has 8 nitrogen and oxygen atoms in total. The Balaban J connectivity index is 1.52. The Morgan fingerprint density at radius 3 is 2.19 bits per heavy atom. The zero-order chi connectivity index (χ0) is 31.3. The highest BCUT2D eigenvalue weighted by Crippen LogP contribution is 2.41. The molecule has 1 saturated heterocycles. The van der Waals surface area contributed by atoms with E-state index in [1.807, 2.05) is 11.9 Å². The Hall–Kier alpha value is -3.84. The van der Waals surface area contributed by atoms with Gasteiger partial charge in [-0.1, -0.05) is 24.4 Å². The zero-order valence-electron chi connectivity index (χ0n) is 24.0. The van der Waals surface area contributed by atoms with Gasteiger partial charge in [0.1, 0.15) is 17.6 Å². The predicted molar refractivity (Wildman–Crippen MR) is 143 cm³/mol. The Kier molecular flexibility index (Phi) is 8.07. The average Bonchev–Trinajstić information content (AvgIpc) is 3.44. The van der Waals surface area contributed by atoms with E-state index in [2.05, 4.69) is 5.16 Å². The van der Waals surface area contributed by atoms with Crippen LogP contribution in [0.1, 0.15) is 79.0 Å². The number of rotatable bonds is 6. The van der Waals surface area contributed by atoms with E-state index in [1.165, 1.54) is 11.8 Å². The largest absolute Gasteiger partial charge is 0.439 e. The number of ether oxygens (including phenoxy) is 1. The van der Waals surface area contributed by atoms with E-state index < -0.39 is 47.3 Å². The molecule has 2 aliphatic rings. The van der Waals surface area contributed by atoms with Crippen LogP contribution in [0.4, 0.5) is 37.0 Å². The van der Waals surface area contributed by atoms with Crippen molar-refractivity contribution >= 4 is 11.9 Å². The highest BCUT2D eigenvalue weighted by Gasteiger charge is 2.44. The van der Waals surface area contributed by atoms with Crippen molar-refractivity contribution in [2.45, 2.75) is 90.0 Å². The summed E-state index contributed by atoms with van der Waals surface area (Å²) in [6.45, 7) is 4.86. The molecule has 3 aromatic rings. The number of cyclic esters (lactones) is 1. The van der Waals surface area contributed by atoms with Crippen molar-refractivity contribution in [1.29, 1.82) is 0 Å². The lowest BCUT2D eigenvalue weighted by Crippen LogP contribution is -2.37. The third-order valence-corrected chi connectivity index (χ3v) is 8.22. The van der Waals surface area contributed by atoms with E-state index in [1.54, 1.807) is 20.0 Å². The number of anilines is 1. The summed E-state index contributed by atoms with van der Waals surface area (Å²) in [5, 5.41) is 3.97. The lowest BCUT2D eigenvalue weighted by molar-refractivity contribution is -0.143. The lowest BCUT2D eigenvalue weighted by atomic mass is 9.94. The molecule has 0 spiro atoms. The van der Waals surface area contributed by atoms with Crippen LogP contribution in [-0.4, -0.2) is 45.2 Å². The van der Waals surface area contributed by atoms with Gasteiger partial charge in [0.05, 0.1) is 46.9 Å². The third kappa shape index (κ3) is 6.14. The Bertz CT molecular complexity index is 1450. The highest BCUT2D eigenvalue weighted by molar-refractivity contribution is 5.72. The van der Waals surface area contributed by atoms with Crippen LogP contribution >= 0.6 is 0 Å². The number of aryl methyl sites for hydroxylation is 2. The van der Waals surface area contributed by atoms with Crippen LogP contribution in [0.25, 0.3) is 11.3 Å². The molecular formula is C29H31F6N5O3. The first-order valence-electron chi connectivity index (χ1n) is 13.9. The summed E-state index contributed by atoms with van der Waals surface area (Å²) in [6.07, 6.45) is -5.59. The van der Waals surface area contributed by atoms with Crippen molar-refractivity contribution in [2.75, 3.05) is 11.9 Å². The summed E-state index contributed by atoms with van der Waals surface area (Å²) >= 11 is 0. The maximum absolute atomic E-state index is 13.5. The molecule has 3 heterocycles. The fraction of sp³-hybridized carbons (Fsp3) is 0.517. The van der Waals surface area contributed by atoms with Gasteiger partial charge in [-0.25, -0.2) is 14.8 Å². The number of hydrogen-bond acceptors (Lipinski definition) is 7. The first-order valence-corrected chi connectivity index (χ1v) is 13.9. The monoisotopic (exact) mass is 611 g/mol. The average molecular weight is 612 g/mol. The molecule has 0 N–H and O–H groups in total. The third-order valence-electron chi connectivity index (χ3n) is 8.22. The Labute approximate surface area is 244 Å². The first-order chi connectivity index (χ1) is 20.1. The quantitative estimate of drug-likeness (QED) is 0.265. The molecule has 2 fully saturated rings. The summed E-state index contributed by atoms with van der Waals surface area (Å²) in [6, 6.07) is 0.495. The molecule has 0 bridgehead atoms. The fourth-order valence-corrected chi connectivity index (χ4v) is 5.90. The van der Waals surface area contributed by atoms with Crippen LogP contribution in [-0.2, 0) is 23.6 Å². The summed E-state index contributed by atoms with van der Waals surface area (Å²) in [4.78, 5) is 25.9. The second kappa shape index (κ2) is 11.3. The molecule has 1 amide bonds. The molecular weight excluding hydrogens is 580 g/mol. The lowest BCUT2D eigenvalue weighted by Gasteiger charge is -2.33. The highest BCUT2D eigenvalue weighted by atomic mass is 19.4. The summed E-state index contributed by atoms with van der Waals surface area (Å²) in [5.41, 5.74) is -1.28. The van der Waals surface area contributed by atoms with Gasteiger partial charge in [-0.15, -0.1) is 0 Å². The molecule has 43 heavy (non-hydrogen) atoms. The number of hydrogen-bond donors (Lipinski definition) is 0. The SMILES string of the molecule is Cc1noc(C)c1-c1cnc(N(C)C2CCCCC2)c(CN2C(=O)OC(c3cc(C(F)(F)F)cc(C(F)(F)F)c3)[C@@H]2C)n1. The van der Waals surface area contributed by atoms with Crippen LogP contribution in [0.15, 0.2) is 28.9 Å². The Morgan fingerprint density at radius 2 is 1.63 bits per heavy atom. The van der Waals surface area contributed by atoms with Gasteiger partial charge in [-0.05, 0) is 57.4 Å². The number of aromatic nitrogens is 3. The summed E-state index contributed by atoms with van der Waals surface area (Å²) < 4.78 is 91.9. The van der Waals surface area contributed by atoms with Gasteiger partial charge in [0.15, 0.2) is 5.82 Å². The van der Waals surface area contributed by atoms with Crippen LogP contribution < -0.4 is 4.90 Å².